The summed E-state index contributed by atoms with van der Waals surface area (Å²) >= 11 is 6.05. The van der Waals surface area contributed by atoms with Crippen LogP contribution < -0.4 is 5.32 Å². The molecule has 1 N–H and O–H groups in total. The van der Waals surface area contributed by atoms with Gasteiger partial charge in [0.1, 0.15) is 0 Å². The maximum absolute atomic E-state index is 6.05. The van der Waals surface area contributed by atoms with Crippen LogP contribution in [0.4, 0.5) is 5.69 Å². The molecule has 2 rings (SSSR count). The van der Waals surface area contributed by atoms with Crippen LogP contribution in [-0.2, 0) is 0 Å². The van der Waals surface area contributed by atoms with Gasteiger partial charge in [0.25, 0.3) is 0 Å². The Hall–Kier alpha value is -0.760. The van der Waals surface area contributed by atoms with Gasteiger partial charge >= 0.3 is 0 Å². The third kappa shape index (κ3) is 3.60. The zero-order chi connectivity index (χ0) is 12.1. The van der Waals surface area contributed by atoms with Crippen molar-refractivity contribution in [2.24, 2.45) is 5.92 Å². The predicted octanol–water partition coefficient (Wildman–Crippen LogP) is 4.51. The van der Waals surface area contributed by atoms with Crippen molar-refractivity contribution in [1.82, 2.24) is 4.98 Å². The Morgan fingerprint density at radius 3 is 2.76 bits per heavy atom. The number of nitrogens with zero attached hydrogens (tertiary/aromatic N) is 1. The second-order valence-corrected chi connectivity index (χ2v) is 5.35. The van der Waals surface area contributed by atoms with Crippen LogP contribution >= 0.6 is 11.6 Å². The van der Waals surface area contributed by atoms with Gasteiger partial charge in [-0.3, -0.25) is 0 Å². The summed E-state index contributed by atoms with van der Waals surface area (Å²) in [4.78, 5) is 4.09. The smallest absolute Gasteiger partial charge is 0.152 e. The minimum absolute atomic E-state index is 0.574. The van der Waals surface area contributed by atoms with E-state index in [0.29, 0.717) is 11.2 Å². The molecule has 17 heavy (non-hydrogen) atoms. The van der Waals surface area contributed by atoms with Crippen LogP contribution in [0.2, 0.25) is 5.15 Å². The molecule has 0 unspecified atom stereocenters. The van der Waals surface area contributed by atoms with Crippen molar-refractivity contribution in [2.75, 3.05) is 5.32 Å². The van der Waals surface area contributed by atoms with Crippen LogP contribution in [0.15, 0.2) is 18.3 Å². The van der Waals surface area contributed by atoms with Crippen molar-refractivity contribution in [3.63, 3.8) is 0 Å². The first-order valence-corrected chi connectivity index (χ1v) is 7.04. The maximum atomic E-state index is 6.05. The van der Waals surface area contributed by atoms with Gasteiger partial charge in [0.15, 0.2) is 5.15 Å². The van der Waals surface area contributed by atoms with E-state index in [1.54, 1.807) is 6.20 Å². The average Bonchev–Trinajstić information content (AvgIpc) is 2.35. The van der Waals surface area contributed by atoms with Crippen LogP contribution in [-0.4, -0.2) is 11.0 Å². The Labute approximate surface area is 109 Å². The number of pyridine rings is 1. The number of rotatable bonds is 4. The third-order valence-electron chi connectivity index (χ3n) is 3.66. The summed E-state index contributed by atoms with van der Waals surface area (Å²) in [6.07, 6.45) is 9.65. The summed E-state index contributed by atoms with van der Waals surface area (Å²) in [5, 5.41) is 4.10. The van der Waals surface area contributed by atoms with E-state index in [0.717, 1.165) is 11.6 Å². The molecule has 1 fully saturated rings. The summed E-state index contributed by atoms with van der Waals surface area (Å²) < 4.78 is 0. The van der Waals surface area contributed by atoms with E-state index in [-0.39, 0.29) is 0 Å². The monoisotopic (exact) mass is 252 g/mol. The normalized spacial score (nSPS) is 24.6. The topological polar surface area (TPSA) is 24.9 Å². The quantitative estimate of drug-likeness (QED) is 0.798. The second kappa shape index (κ2) is 6.25. The number of hydrogen-bond acceptors (Lipinski definition) is 2. The molecule has 0 aromatic carbocycles. The largest absolute Gasteiger partial charge is 0.380 e. The standard InChI is InChI=1S/C14H21ClN2/c1-2-4-11-6-8-12(9-7-11)17-13-5-3-10-16-14(13)15/h3,5,10-12,17H,2,4,6-9H2,1H3. The lowest BCUT2D eigenvalue weighted by Crippen LogP contribution is -2.26. The molecule has 1 heterocycles. The van der Waals surface area contributed by atoms with E-state index in [1.165, 1.54) is 38.5 Å². The van der Waals surface area contributed by atoms with Gasteiger partial charge in [0.2, 0.25) is 0 Å². The van der Waals surface area contributed by atoms with Gasteiger partial charge < -0.3 is 5.32 Å². The number of hydrogen-bond donors (Lipinski definition) is 1. The molecule has 2 nitrogen and oxygen atoms in total. The molecule has 0 amide bonds. The first-order valence-electron chi connectivity index (χ1n) is 6.66. The Balaban J connectivity index is 1.84. The molecule has 94 valence electrons. The van der Waals surface area contributed by atoms with Crippen molar-refractivity contribution >= 4 is 17.3 Å². The summed E-state index contributed by atoms with van der Waals surface area (Å²) in [5.74, 6) is 0.947. The number of anilines is 1. The minimum atomic E-state index is 0.574. The van der Waals surface area contributed by atoms with Crippen molar-refractivity contribution in [2.45, 2.75) is 51.5 Å². The summed E-state index contributed by atoms with van der Waals surface area (Å²) in [5.41, 5.74) is 0.980. The molecule has 0 atom stereocenters. The first-order chi connectivity index (χ1) is 8.29. The summed E-state index contributed by atoms with van der Waals surface area (Å²) in [6.45, 7) is 2.28. The molecule has 3 heteroatoms. The van der Waals surface area contributed by atoms with Gasteiger partial charge in [-0.25, -0.2) is 4.98 Å². The molecular weight excluding hydrogens is 232 g/mol. The Kier molecular flexibility index (Phi) is 4.66. The minimum Gasteiger partial charge on any atom is -0.380 e. The van der Waals surface area contributed by atoms with Gasteiger partial charge in [0, 0.05) is 12.2 Å². The molecule has 0 radical (unpaired) electrons. The number of nitrogens with one attached hydrogen (secondary N) is 1. The Morgan fingerprint density at radius 1 is 1.35 bits per heavy atom. The molecule has 0 saturated heterocycles. The molecule has 0 aliphatic heterocycles. The highest BCUT2D eigenvalue weighted by Gasteiger charge is 2.20. The SMILES string of the molecule is CCCC1CCC(Nc2cccnc2Cl)CC1. The molecule has 1 saturated carbocycles. The third-order valence-corrected chi connectivity index (χ3v) is 3.96. The van der Waals surface area contributed by atoms with Crippen LogP contribution in [0.3, 0.4) is 0 Å². The van der Waals surface area contributed by atoms with Crippen LogP contribution in [0.25, 0.3) is 0 Å². The predicted molar refractivity (Wildman–Crippen MR) is 73.5 cm³/mol. The number of halogens is 1. The van der Waals surface area contributed by atoms with E-state index >= 15 is 0 Å². The van der Waals surface area contributed by atoms with Crippen LogP contribution in [0.1, 0.15) is 45.4 Å². The Morgan fingerprint density at radius 2 is 2.12 bits per heavy atom. The van der Waals surface area contributed by atoms with E-state index in [4.69, 9.17) is 11.6 Å². The summed E-state index contributed by atoms with van der Waals surface area (Å²) in [6, 6.07) is 4.51. The van der Waals surface area contributed by atoms with Gasteiger partial charge in [-0.1, -0.05) is 31.4 Å². The molecule has 0 bridgehead atoms. The highest BCUT2D eigenvalue weighted by molar-refractivity contribution is 6.31. The molecule has 1 aromatic heterocycles. The van der Waals surface area contributed by atoms with Crippen molar-refractivity contribution < 1.29 is 0 Å². The fourth-order valence-electron chi connectivity index (χ4n) is 2.72. The molecule has 0 spiro atoms. The highest BCUT2D eigenvalue weighted by Crippen LogP contribution is 2.30. The zero-order valence-corrected chi connectivity index (χ0v) is 11.2. The van der Waals surface area contributed by atoms with Crippen LogP contribution in [0, 0.1) is 5.92 Å². The lowest BCUT2D eigenvalue weighted by Gasteiger charge is -2.29. The molecule has 1 aliphatic carbocycles. The second-order valence-electron chi connectivity index (χ2n) is 4.99. The lowest BCUT2D eigenvalue weighted by atomic mass is 9.83. The average molecular weight is 253 g/mol. The zero-order valence-electron chi connectivity index (χ0n) is 10.5. The van der Waals surface area contributed by atoms with Crippen molar-refractivity contribution in [3.8, 4) is 0 Å². The summed E-state index contributed by atoms with van der Waals surface area (Å²) in [7, 11) is 0. The molecular formula is C14H21ClN2. The van der Waals surface area contributed by atoms with Gasteiger partial charge in [0.05, 0.1) is 5.69 Å². The first kappa shape index (κ1) is 12.7. The van der Waals surface area contributed by atoms with Crippen molar-refractivity contribution in [1.29, 1.82) is 0 Å². The maximum Gasteiger partial charge on any atom is 0.152 e. The van der Waals surface area contributed by atoms with Crippen LogP contribution in [0.5, 0.6) is 0 Å². The van der Waals surface area contributed by atoms with Crippen molar-refractivity contribution in [3.05, 3.63) is 23.5 Å². The molecule has 1 aliphatic rings. The van der Waals surface area contributed by atoms with E-state index in [2.05, 4.69) is 17.2 Å². The van der Waals surface area contributed by atoms with Gasteiger partial charge in [-0.15, -0.1) is 0 Å². The van der Waals surface area contributed by atoms with E-state index in [1.807, 2.05) is 12.1 Å². The molecule has 1 aromatic rings. The lowest BCUT2D eigenvalue weighted by molar-refractivity contribution is 0.319. The van der Waals surface area contributed by atoms with E-state index < -0.39 is 0 Å². The number of aromatic nitrogens is 1. The van der Waals surface area contributed by atoms with Gasteiger partial charge in [-0.2, -0.15) is 0 Å². The van der Waals surface area contributed by atoms with Gasteiger partial charge in [-0.05, 0) is 43.7 Å². The Bertz CT molecular complexity index is 346. The van der Waals surface area contributed by atoms with E-state index in [9.17, 15) is 0 Å². The fourth-order valence-corrected chi connectivity index (χ4v) is 2.89. The fraction of sp³-hybridized carbons (Fsp3) is 0.643. The highest BCUT2D eigenvalue weighted by atomic mass is 35.5.